The number of halogens is 1. The smallest absolute Gasteiger partial charge is 0.218 e. The van der Waals surface area contributed by atoms with E-state index in [4.69, 9.17) is 26.1 Å². The van der Waals surface area contributed by atoms with Crippen molar-refractivity contribution in [2.75, 3.05) is 14.2 Å². The third-order valence-corrected chi connectivity index (χ3v) is 6.53. The summed E-state index contributed by atoms with van der Waals surface area (Å²) < 4.78 is 11.2. The van der Waals surface area contributed by atoms with Crippen molar-refractivity contribution in [1.29, 1.82) is 0 Å². The number of carbonyl (C=O) groups is 1. The first-order chi connectivity index (χ1) is 16.3. The minimum Gasteiger partial charge on any atom is -0.481 e. The Kier molecular flexibility index (Phi) is 7.20. The molecule has 4 heterocycles. The predicted octanol–water partition coefficient (Wildman–Crippen LogP) is 4.34. The standard InChI is InChI=1S/C23H25ClN6O3S/c1-12(2)20(32-4)18-15(11-25-23-19(18)28-13(3)34-23)9-16(31)8-14-10-17(24)21(29-22(14)33-5)30-26-6-7-27-30/h6-7,10-12,20H,8-9H2,1-5H3. The molecule has 0 radical (unpaired) electrons. The molecule has 0 aliphatic carbocycles. The van der Waals surface area contributed by atoms with Crippen molar-refractivity contribution in [3.63, 3.8) is 0 Å². The summed E-state index contributed by atoms with van der Waals surface area (Å²) in [6, 6.07) is 1.67. The summed E-state index contributed by atoms with van der Waals surface area (Å²) in [6.07, 6.45) is 4.87. The van der Waals surface area contributed by atoms with Gasteiger partial charge in [-0.15, -0.1) is 4.80 Å². The Bertz CT molecular complexity index is 1320. The molecule has 0 aliphatic rings. The largest absolute Gasteiger partial charge is 0.481 e. The van der Waals surface area contributed by atoms with Gasteiger partial charge in [-0.3, -0.25) is 4.79 Å². The highest BCUT2D eigenvalue weighted by atomic mass is 35.5. The lowest BCUT2D eigenvalue weighted by molar-refractivity contribution is -0.117. The average molecular weight is 501 g/mol. The molecule has 0 bridgehead atoms. The molecule has 4 aromatic heterocycles. The van der Waals surface area contributed by atoms with Gasteiger partial charge in [-0.05, 0) is 24.5 Å². The van der Waals surface area contributed by atoms with Crippen molar-refractivity contribution in [1.82, 2.24) is 29.9 Å². The van der Waals surface area contributed by atoms with E-state index in [1.807, 2.05) is 6.92 Å². The Balaban J connectivity index is 1.66. The molecule has 0 aliphatic heterocycles. The van der Waals surface area contributed by atoms with Gasteiger partial charge in [-0.25, -0.2) is 9.97 Å². The summed E-state index contributed by atoms with van der Waals surface area (Å²) in [7, 11) is 3.17. The van der Waals surface area contributed by atoms with Crippen LogP contribution in [0.2, 0.25) is 5.02 Å². The first-order valence-corrected chi connectivity index (χ1v) is 11.9. The molecule has 11 heteroatoms. The highest BCUT2D eigenvalue weighted by Gasteiger charge is 2.25. The third kappa shape index (κ3) is 4.79. The van der Waals surface area contributed by atoms with Crippen LogP contribution in [0.15, 0.2) is 24.7 Å². The molecule has 0 N–H and O–H groups in total. The first-order valence-electron chi connectivity index (χ1n) is 10.7. The second kappa shape index (κ2) is 10.1. The van der Waals surface area contributed by atoms with Gasteiger partial charge in [-0.1, -0.05) is 36.8 Å². The zero-order valence-corrected chi connectivity index (χ0v) is 21.1. The summed E-state index contributed by atoms with van der Waals surface area (Å²) >= 11 is 7.95. The van der Waals surface area contributed by atoms with E-state index < -0.39 is 0 Å². The van der Waals surface area contributed by atoms with Crippen LogP contribution < -0.4 is 4.74 Å². The van der Waals surface area contributed by atoms with Crippen LogP contribution in [0.25, 0.3) is 16.2 Å². The lowest BCUT2D eigenvalue weighted by atomic mass is 9.92. The van der Waals surface area contributed by atoms with Gasteiger partial charge in [0, 0.05) is 37.3 Å². The van der Waals surface area contributed by atoms with Crippen LogP contribution in [0.4, 0.5) is 0 Å². The molecule has 0 fully saturated rings. The van der Waals surface area contributed by atoms with E-state index in [2.05, 4.69) is 34.0 Å². The van der Waals surface area contributed by atoms with Gasteiger partial charge in [0.25, 0.3) is 0 Å². The van der Waals surface area contributed by atoms with E-state index in [1.54, 1.807) is 19.4 Å². The predicted molar refractivity (Wildman–Crippen MR) is 130 cm³/mol. The number of fused-ring (bicyclic) bond motifs is 1. The third-order valence-electron chi connectivity index (χ3n) is 5.37. The number of methoxy groups -OCH3 is 2. The summed E-state index contributed by atoms with van der Waals surface area (Å²) in [5.74, 6) is 0.786. The summed E-state index contributed by atoms with van der Waals surface area (Å²) in [5.41, 5.74) is 3.11. The Morgan fingerprint density at radius 3 is 2.50 bits per heavy atom. The highest BCUT2D eigenvalue weighted by molar-refractivity contribution is 7.18. The quantitative estimate of drug-likeness (QED) is 0.334. The Hall–Kier alpha value is -2.95. The summed E-state index contributed by atoms with van der Waals surface area (Å²) in [4.78, 5) is 29.0. The minimum absolute atomic E-state index is 0.0332. The maximum absolute atomic E-state index is 13.2. The lowest BCUT2D eigenvalue weighted by Crippen LogP contribution is -2.16. The molecule has 0 spiro atoms. The molecule has 0 amide bonds. The molecule has 4 rings (SSSR count). The van der Waals surface area contributed by atoms with Crippen LogP contribution in [0.5, 0.6) is 5.88 Å². The van der Waals surface area contributed by atoms with Gasteiger partial charge in [0.2, 0.25) is 5.88 Å². The SMILES string of the molecule is COc1nc(-n2nccn2)c(Cl)cc1CC(=O)Cc1cnc2sc(C)nc2c1C(OC)C(C)C. The number of hydrogen-bond acceptors (Lipinski definition) is 9. The van der Waals surface area contributed by atoms with Crippen LogP contribution in [-0.4, -0.2) is 49.9 Å². The van der Waals surface area contributed by atoms with Crippen molar-refractivity contribution in [2.24, 2.45) is 5.92 Å². The number of ether oxygens (including phenoxy) is 2. The van der Waals surface area contributed by atoms with Crippen molar-refractivity contribution in [2.45, 2.75) is 39.7 Å². The van der Waals surface area contributed by atoms with Gasteiger partial charge in [0.05, 0.1) is 35.6 Å². The average Bonchev–Trinajstić information content (AvgIpc) is 3.44. The summed E-state index contributed by atoms with van der Waals surface area (Å²) in [5, 5.41) is 9.35. The van der Waals surface area contributed by atoms with Crippen molar-refractivity contribution >= 4 is 39.1 Å². The van der Waals surface area contributed by atoms with Gasteiger partial charge >= 0.3 is 0 Å². The molecular weight excluding hydrogens is 476 g/mol. The van der Waals surface area contributed by atoms with Crippen LogP contribution in [0.1, 0.15) is 41.6 Å². The number of carbonyl (C=O) groups excluding carboxylic acids is 1. The minimum atomic E-state index is -0.207. The van der Waals surface area contributed by atoms with Gasteiger partial charge in [0.1, 0.15) is 16.1 Å². The van der Waals surface area contributed by atoms with Crippen LogP contribution in [0, 0.1) is 12.8 Å². The lowest BCUT2D eigenvalue weighted by Gasteiger charge is -2.22. The molecule has 0 saturated carbocycles. The fraction of sp³-hybridized carbons (Fsp3) is 0.391. The Morgan fingerprint density at radius 2 is 1.85 bits per heavy atom. The number of thiazole rings is 1. The number of nitrogens with zero attached hydrogens (tertiary/aromatic N) is 6. The maximum atomic E-state index is 13.2. The topological polar surface area (TPSA) is 105 Å². The molecule has 34 heavy (non-hydrogen) atoms. The molecule has 0 aromatic carbocycles. The van der Waals surface area contributed by atoms with E-state index in [1.165, 1.54) is 35.6 Å². The van der Waals surface area contributed by atoms with Gasteiger partial charge in [-0.2, -0.15) is 15.2 Å². The van der Waals surface area contributed by atoms with Gasteiger partial charge in [0.15, 0.2) is 5.82 Å². The molecule has 9 nitrogen and oxygen atoms in total. The van der Waals surface area contributed by atoms with Crippen LogP contribution in [0.3, 0.4) is 0 Å². The second-order valence-corrected chi connectivity index (χ2v) is 9.75. The number of aryl methyl sites for hydroxylation is 1. The zero-order chi connectivity index (χ0) is 24.4. The van der Waals surface area contributed by atoms with Crippen molar-refractivity contribution < 1.29 is 14.3 Å². The first kappa shape index (κ1) is 24.2. The summed E-state index contributed by atoms with van der Waals surface area (Å²) in [6.45, 7) is 6.11. The van der Waals surface area contributed by atoms with Gasteiger partial charge < -0.3 is 9.47 Å². The highest BCUT2D eigenvalue weighted by Crippen LogP contribution is 2.35. The number of ketones is 1. The van der Waals surface area contributed by atoms with Crippen LogP contribution in [-0.2, 0) is 22.4 Å². The van der Waals surface area contributed by atoms with Crippen molar-refractivity contribution in [3.8, 4) is 11.7 Å². The van der Waals surface area contributed by atoms with E-state index in [9.17, 15) is 4.79 Å². The van der Waals surface area contributed by atoms with E-state index in [0.29, 0.717) is 22.3 Å². The molecule has 1 unspecified atom stereocenters. The molecule has 0 saturated heterocycles. The van der Waals surface area contributed by atoms with E-state index in [0.717, 1.165) is 26.5 Å². The number of pyridine rings is 2. The van der Waals surface area contributed by atoms with E-state index in [-0.39, 0.29) is 30.6 Å². The number of aromatic nitrogens is 6. The molecular formula is C23H25ClN6O3S. The van der Waals surface area contributed by atoms with E-state index >= 15 is 0 Å². The molecule has 4 aromatic rings. The fourth-order valence-electron chi connectivity index (χ4n) is 3.98. The monoisotopic (exact) mass is 500 g/mol. The molecule has 1 atom stereocenters. The Labute approximate surface area is 206 Å². The number of rotatable bonds is 9. The number of Topliss-reactive ketones (excluding diaryl/α,β-unsaturated/α-hetero) is 1. The second-order valence-electron chi connectivity index (χ2n) is 8.16. The molecule has 178 valence electrons. The number of hydrogen-bond donors (Lipinski definition) is 0. The van der Waals surface area contributed by atoms with Crippen molar-refractivity contribution in [3.05, 3.63) is 51.4 Å². The maximum Gasteiger partial charge on any atom is 0.218 e. The van der Waals surface area contributed by atoms with Crippen LogP contribution >= 0.6 is 22.9 Å². The fourth-order valence-corrected chi connectivity index (χ4v) is 5.00. The normalized spacial score (nSPS) is 12.4. The zero-order valence-electron chi connectivity index (χ0n) is 19.6. The Morgan fingerprint density at radius 1 is 1.15 bits per heavy atom.